The van der Waals surface area contributed by atoms with Gasteiger partial charge in [0.25, 0.3) is 0 Å². The molecule has 2 rings (SSSR count). The molecule has 0 bridgehead atoms. The molecular weight excluding hydrogens is 238 g/mol. The zero-order valence-electron chi connectivity index (χ0n) is 9.88. The number of nitrogens with zero attached hydrogens (tertiary/aromatic N) is 3. The van der Waals surface area contributed by atoms with Crippen molar-refractivity contribution in [2.45, 2.75) is 19.9 Å². The van der Waals surface area contributed by atoms with Crippen LogP contribution in [0.4, 0.5) is 0 Å². The van der Waals surface area contributed by atoms with Gasteiger partial charge in [-0.25, -0.2) is 14.8 Å². The lowest BCUT2D eigenvalue weighted by Crippen LogP contribution is -2.03. The first-order valence-electron chi connectivity index (χ1n) is 5.19. The minimum atomic E-state index is -0.414. The van der Waals surface area contributed by atoms with Crippen LogP contribution in [0.1, 0.15) is 30.4 Å². The Morgan fingerprint density at radius 1 is 1.53 bits per heavy atom. The predicted octanol–water partition coefficient (Wildman–Crippen LogP) is 2.37. The first kappa shape index (κ1) is 11.8. The molecule has 0 aliphatic heterocycles. The number of hydrogen-bond acceptors (Lipinski definition) is 5. The van der Waals surface area contributed by atoms with Crippen molar-refractivity contribution in [3.63, 3.8) is 0 Å². The van der Waals surface area contributed by atoms with Crippen LogP contribution in [0.25, 0.3) is 10.7 Å². The highest BCUT2D eigenvalue weighted by Crippen LogP contribution is 2.25. The molecule has 0 atom stereocenters. The summed E-state index contributed by atoms with van der Waals surface area (Å²) in [6.07, 6.45) is 3.51. The second kappa shape index (κ2) is 4.67. The number of rotatable bonds is 3. The molecule has 2 aromatic heterocycles. The molecule has 90 valence electrons. The average molecular weight is 251 g/mol. The van der Waals surface area contributed by atoms with Crippen LogP contribution in [0.2, 0.25) is 0 Å². The van der Waals surface area contributed by atoms with Crippen LogP contribution in [0.5, 0.6) is 0 Å². The topological polar surface area (TPSA) is 57.0 Å². The van der Waals surface area contributed by atoms with E-state index in [-0.39, 0.29) is 0 Å². The number of carbonyl (C=O) groups excluding carboxylic acids is 1. The second-order valence-electron chi connectivity index (χ2n) is 3.81. The van der Waals surface area contributed by atoms with Crippen LogP contribution in [-0.2, 0) is 4.74 Å². The monoisotopic (exact) mass is 251 g/mol. The van der Waals surface area contributed by atoms with Crippen molar-refractivity contribution >= 4 is 17.3 Å². The molecule has 0 fully saturated rings. The number of hydrogen-bond donors (Lipinski definition) is 0. The normalized spacial score (nSPS) is 10.8. The maximum atomic E-state index is 11.3. The highest BCUT2D eigenvalue weighted by Gasteiger charge is 2.15. The van der Waals surface area contributed by atoms with Gasteiger partial charge in [-0.15, -0.1) is 11.3 Å². The van der Waals surface area contributed by atoms with Crippen LogP contribution in [0.15, 0.2) is 17.9 Å². The molecule has 17 heavy (non-hydrogen) atoms. The minimum absolute atomic E-state index is 0.304. The molecule has 0 radical (unpaired) electrons. The lowest BCUT2D eigenvalue weighted by Gasteiger charge is -2.09. The molecule has 0 N–H and O–H groups in total. The van der Waals surface area contributed by atoms with Crippen molar-refractivity contribution in [1.82, 2.24) is 14.5 Å². The van der Waals surface area contributed by atoms with E-state index < -0.39 is 5.97 Å². The lowest BCUT2D eigenvalue weighted by molar-refractivity contribution is 0.0595. The van der Waals surface area contributed by atoms with E-state index in [0.29, 0.717) is 11.7 Å². The third-order valence-corrected chi connectivity index (χ3v) is 3.21. The Labute approximate surface area is 103 Å². The summed E-state index contributed by atoms with van der Waals surface area (Å²) in [4.78, 5) is 19.7. The SMILES string of the molecule is COC(=O)c1csc(-c2cncn2C(C)C)n1. The molecule has 5 nitrogen and oxygen atoms in total. The van der Waals surface area contributed by atoms with Crippen molar-refractivity contribution in [1.29, 1.82) is 0 Å². The molecule has 0 aliphatic rings. The molecule has 6 heteroatoms. The van der Waals surface area contributed by atoms with Gasteiger partial charge in [-0.2, -0.15) is 0 Å². The maximum absolute atomic E-state index is 11.3. The fraction of sp³-hybridized carbons (Fsp3) is 0.364. The summed E-state index contributed by atoms with van der Waals surface area (Å²) in [7, 11) is 1.35. The number of esters is 1. The first-order chi connectivity index (χ1) is 8.13. The van der Waals surface area contributed by atoms with E-state index in [4.69, 9.17) is 0 Å². The predicted molar refractivity (Wildman–Crippen MR) is 65.1 cm³/mol. The quantitative estimate of drug-likeness (QED) is 0.786. The number of carbonyl (C=O) groups is 1. The Hall–Kier alpha value is -1.69. The van der Waals surface area contributed by atoms with Crippen LogP contribution in [-0.4, -0.2) is 27.6 Å². The standard InChI is InChI=1S/C11H13N3O2S/c1-7(2)14-6-12-4-9(14)10-13-8(5-17-10)11(15)16-3/h4-7H,1-3H3. The van der Waals surface area contributed by atoms with E-state index in [1.165, 1.54) is 18.4 Å². The van der Waals surface area contributed by atoms with Gasteiger partial charge in [-0.05, 0) is 13.8 Å². The Morgan fingerprint density at radius 2 is 2.29 bits per heavy atom. The Bertz CT molecular complexity index is 530. The van der Waals surface area contributed by atoms with Crippen LogP contribution < -0.4 is 0 Å². The molecule has 0 aliphatic carbocycles. The molecular formula is C11H13N3O2S. The van der Waals surface area contributed by atoms with Gasteiger partial charge < -0.3 is 9.30 Å². The summed E-state index contributed by atoms with van der Waals surface area (Å²) in [6.45, 7) is 4.14. The smallest absolute Gasteiger partial charge is 0.357 e. The van der Waals surface area contributed by atoms with Crippen molar-refractivity contribution in [2.24, 2.45) is 0 Å². The maximum Gasteiger partial charge on any atom is 0.357 e. The molecule has 0 amide bonds. The number of ether oxygens (including phenoxy) is 1. The summed E-state index contributed by atoms with van der Waals surface area (Å²) in [5.74, 6) is -0.414. The van der Waals surface area contributed by atoms with E-state index in [1.54, 1.807) is 17.9 Å². The fourth-order valence-electron chi connectivity index (χ4n) is 1.47. The molecule has 0 saturated heterocycles. The Balaban J connectivity index is 2.37. The summed E-state index contributed by atoms with van der Waals surface area (Å²) >= 11 is 1.41. The number of imidazole rings is 1. The third kappa shape index (κ3) is 2.21. The molecule has 0 saturated carbocycles. The van der Waals surface area contributed by atoms with Crippen LogP contribution in [0, 0.1) is 0 Å². The van der Waals surface area contributed by atoms with E-state index in [9.17, 15) is 4.79 Å². The van der Waals surface area contributed by atoms with Gasteiger partial charge in [-0.3, -0.25) is 0 Å². The molecule has 2 aromatic rings. The van der Waals surface area contributed by atoms with Gasteiger partial charge in [0.1, 0.15) is 5.01 Å². The van der Waals surface area contributed by atoms with Gasteiger partial charge in [0.15, 0.2) is 5.69 Å². The lowest BCUT2D eigenvalue weighted by atomic mass is 10.3. The van der Waals surface area contributed by atoms with E-state index >= 15 is 0 Å². The van der Waals surface area contributed by atoms with Gasteiger partial charge in [-0.1, -0.05) is 0 Å². The van der Waals surface area contributed by atoms with Gasteiger partial charge in [0.2, 0.25) is 0 Å². The van der Waals surface area contributed by atoms with Crippen molar-refractivity contribution in [2.75, 3.05) is 7.11 Å². The molecule has 0 aromatic carbocycles. The summed E-state index contributed by atoms with van der Waals surface area (Å²) in [5.41, 5.74) is 1.25. The van der Waals surface area contributed by atoms with E-state index in [0.717, 1.165) is 10.7 Å². The fourth-order valence-corrected chi connectivity index (χ4v) is 2.27. The van der Waals surface area contributed by atoms with Crippen molar-refractivity contribution in [3.8, 4) is 10.7 Å². The first-order valence-corrected chi connectivity index (χ1v) is 6.07. The minimum Gasteiger partial charge on any atom is -0.464 e. The van der Waals surface area contributed by atoms with E-state index in [2.05, 4.69) is 28.6 Å². The number of thiazole rings is 1. The van der Waals surface area contributed by atoms with Crippen molar-refractivity contribution < 1.29 is 9.53 Å². The Morgan fingerprint density at radius 3 is 2.94 bits per heavy atom. The number of methoxy groups -OCH3 is 1. The van der Waals surface area contributed by atoms with Crippen LogP contribution >= 0.6 is 11.3 Å². The van der Waals surface area contributed by atoms with Gasteiger partial charge >= 0.3 is 5.97 Å². The summed E-state index contributed by atoms with van der Waals surface area (Å²) in [6, 6.07) is 0.304. The highest BCUT2D eigenvalue weighted by atomic mass is 32.1. The summed E-state index contributed by atoms with van der Waals surface area (Å²) < 4.78 is 6.64. The van der Waals surface area contributed by atoms with Gasteiger partial charge in [0.05, 0.1) is 25.3 Å². The third-order valence-electron chi connectivity index (χ3n) is 2.34. The zero-order valence-corrected chi connectivity index (χ0v) is 10.7. The van der Waals surface area contributed by atoms with Gasteiger partial charge in [0, 0.05) is 11.4 Å². The average Bonchev–Trinajstić information content (AvgIpc) is 2.95. The van der Waals surface area contributed by atoms with E-state index in [1.807, 2.05) is 4.57 Å². The molecule has 0 unspecified atom stereocenters. The zero-order chi connectivity index (χ0) is 12.4. The van der Waals surface area contributed by atoms with Crippen molar-refractivity contribution in [3.05, 3.63) is 23.6 Å². The highest BCUT2D eigenvalue weighted by molar-refractivity contribution is 7.13. The second-order valence-corrected chi connectivity index (χ2v) is 4.67. The van der Waals surface area contributed by atoms with Crippen LogP contribution in [0.3, 0.4) is 0 Å². The number of aromatic nitrogens is 3. The molecule has 0 spiro atoms. The largest absolute Gasteiger partial charge is 0.464 e. The Kier molecular flexibility index (Phi) is 3.23. The molecule has 2 heterocycles. The summed E-state index contributed by atoms with van der Waals surface area (Å²) in [5, 5.41) is 2.47.